The molecule has 1 aliphatic heterocycles. The van der Waals surface area contributed by atoms with Crippen molar-refractivity contribution in [2.24, 2.45) is 0 Å². The molecule has 1 amide bonds. The van der Waals surface area contributed by atoms with Crippen molar-refractivity contribution in [3.05, 3.63) is 54.1 Å². The van der Waals surface area contributed by atoms with Gasteiger partial charge in [0.1, 0.15) is 5.75 Å². The van der Waals surface area contributed by atoms with E-state index in [0.717, 1.165) is 23.5 Å². The van der Waals surface area contributed by atoms with Gasteiger partial charge >= 0.3 is 0 Å². The number of nitrogens with zero attached hydrogens (tertiary/aromatic N) is 1. The number of rotatable bonds is 3. The summed E-state index contributed by atoms with van der Waals surface area (Å²) in [6.45, 7) is 2.91. The van der Waals surface area contributed by atoms with Crippen LogP contribution >= 0.6 is 11.8 Å². The highest BCUT2D eigenvalue weighted by Crippen LogP contribution is 2.38. The number of hydrogen-bond donors (Lipinski definition) is 0. The lowest BCUT2D eigenvalue weighted by Crippen LogP contribution is -2.39. The Morgan fingerprint density at radius 3 is 2.91 bits per heavy atom. The predicted octanol–water partition coefficient (Wildman–Crippen LogP) is 3.77. The summed E-state index contributed by atoms with van der Waals surface area (Å²) in [6, 6.07) is 15.8. The van der Waals surface area contributed by atoms with Crippen LogP contribution < -0.4 is 9.64 Å². The molecule has 1 heterocycles. The minimum absolute atomic E-state index is 0.132. The Hall–Kier alpha value is -1.94. The number of ether oxygens (including phenoxy) is 1. The van der Waals surface area contributed by atoms with Gasteiger partial charge in [-0.25, -0.2) is 0 Å². The Labute approximate surface area is 135 Å². The zero-order valence-corrected chi connectivity index (χ0v) is 13.6. The summed E-state index contributed by atoms with van der Waals surface area (Å²) >= 11 is 1.83. The van der Waals surface area contributed by atoms with E-state index in [-0.39, 0.29) is 5.91 Å². The standard InChI is InChI=1S/C18H19NO2S/c1-13-12-19(16-8-3-4-9-17(16)22-13)18(20)11-14-6-5-7-15(10-14)21-2/h3-10,13H,11-12H2,1-2H3. The number of para-hydroxylation sites is 1. The normalized spacial score (nSPS) is 17.0. The summed E-state index contributed by atoms with van der Waals surface area (Å²) in [5, 5.41) is 0.407. The molecule has 1 unspecified atom stereocenters. The van der Waals surface area contributed by atoms with E-state index >= 15 is 0 Å². The number of hydrogen-bond acceptors (Lipinski definition) is 3. The van der Waals surface area contributed by atoms with E-state index in [1.54, 1.807) is 7.11 Å². The second-order valence-electron chi connectivity index (χ2n) is 5.43. The molecule has 0 aromatic heterocycles. The van der Waals surface area contributed by atoms with Crippen molar-refractivity contribution in [2.45, 2.75) is 23.5 Å². The van der Waals surface area contributed by atoms with Gasteiger partial charge in [-0.15, -0.1) is 11.8 Å². The Morgan fingerprint density at radius 2 is 2.09 bits per heavy atom. The van der Waals surface area contributed by atoms with Crippen LogP contribution in [0.2, 0.25) is 0 Å². The molecule has 0 bridgehead atoms. The van der Waals surface area contributed by atoms with E-state index < -0.39 is 0 Å². The summed E-state index contributed by atoms with van der Waals surface area (Å²) < 4.78 is 5.23. The van der Waals surface area contributed by atoms with Crippen LogP contribution in [-0.2, 0) is 11.2 Å². The Kier molecular flexibility index (Phi) is 4.39. The van der Waals surface area contributed by atoms with E-state index in [4.69, 9.17) is 4.74 Å². The van der Waals surface area contributed by atoms with Gasteiger partial charge in [-0.1, -0.05) is 31.2 Å². The van der Waals surface area contributed by atoms with Crippen LogP contribution in [0.15, 0.2) is 53.4 Å². The molecule has 0 radical (unpaired) electrons. The van der Waals surface area contributed by atoms with Gasteiger partial charge in [0, 0.05) is 16.7 Å². The number of carbonyl (C=O) groups excluding carboxylic acids is 1. The molecule has 22 heavy (non-hydrogen) atoms. The van der Waals surface area contributed by atoms with Crippen LogP contribution in [-0.4, -0.2) is 24.8 Å². The number of anilines is 1. The van der Waals surface area contributed by atoms with Crippen molar-refractivity contribution < 1.29 is 9.53 Å². The van der Waals surface area contributed by atoms with E-state index in [2.05, 4.69) is 13.0 Å². The molecular formula is C18H19NO2S. The van der Waals surface area contributed by atoms with Crippen LogP contribution in [0.4, 0.5) is 5.69 Å². The first-order valence-electron chi connectivity index (χ1n) is 7.36. The lowest BCUT2D eigenvalue weighted by molar-refractivity contribution is -0.118. The van der Waals surface area contributed by atoms with Gasteiger partial charge in [0.2, 0.25) is 5.91 Å². The molecule has 4 heteroatoms. The maximum absolute atomic E-state index is 12.8. The second kappa shape index (κ2) is 6.44. The van der Waals surface area contributed by atoms with Crippen LogP contribution in [0.25, 0.3) is 0 Å². The fourth-order valence-corrected chi connectivity index (χ4v) is 3.79. The Bertz CT molecular complexity index is 686. The topological polar surface area (TPSA) is 29.5 Å². The van der Waals surface area contributed by atoms with Crippen LogP contribution in [0.1, 0.15) is 12.5 Å². The highest BCUT2D eigenvalue weighted by molar-refractivity contribution is 8.00. The third-order valence-electron chi connectivity index (χ3n) is 3.71. The van der Waals surface area contributed by atoms with E-state index in [1.807, 2.05) is 59.1 Å². The Balaban J connectivity index is 1.83. The zero-order valence-electron chi connectivity index (χ0n) is 12.8. The number of benzene rings is 2. The van der Waals surface area contributed by atoms with Gasteiger partial charge in [0.25, 0.3) is 0 Å². The lowest BCUT2D eigenvalue weighted by Gasteiger charge is -2.32. The quantitative estimate of drug-likeness (QED) is 0.864. The molecule has 114 valence electrons. The maximum atomic E-state index is 12.8. The average molecular weight is 313 g/mol. The fourth-order valence-electron chi connectivity index (χ4n) is 2.68. The van der Waals surface area contributed by atoms with Gasteiger partial charge in [-0.2, -0.15) is 0 Å². The number of thioether (sulfide) groups is 1. The van der Waals surface area contributed by atoms with E-state index in [1.165, 1.54) is 4.90 Å². The molecule has 0 N–H and O–H groups in total. The van der Waals surface area contributed by atoms with Crippen LogP contribution in [0.3, 0.4) is 0 Å². The smallest absolute Gasteiger partial charge is 0.231 e. The molecule has 1 atom stereocenters. The van der Waals surface area contributed by atoms with Gasteiger partial charge < -0.3 is 9.64 Å². The number of carbonyl (C=O) groups is 1. The highest BCUT2D eigenvalue weighted by atomic mass is 32.2. The minimum Gasteiger partial charge on any atom is -0.497 e. The fraction of sp³-hybridized carbons (Fsp3) is 0.278. The summed E-state index contributed by atoms with van der Waals surface area (Å²) in [6.07, 6.45) is 0.392. The molecule has 0 saturated heterocycles. The van der Waals surface area contributed by atoms with Crippen molar-refractivity contribution in [1.82, 2.24) is 0 Å². The summed E-state index contributed by atoms with van der Waals surface area (Å²) in [7, 11) is 1.64. The van der Waals surface area contributed by atoms with Gasteiger partial charge in [-0.05, 0) is 29.8 Å². The van der Waals surface area contributed by atoms with Gasteiger partial charge in [0.15, 0.2) is 0 Å². The number of fused-ring (bicyclic) bond motifs is 1. The molecule has 0 saturated carbocycles. The first-order chi connectivity index (χ1) is 10.7. The summed E-state index contributed by atoms with van der Waals surface area (Å²) in [5.74, 6) is 0.918. The molecule has 0 spiro atoms. The third kappa shape index (κ3) is 3.12. The summed E-state index contributed by atoms with van der Waals surface area (Å²) in [4.78, 5) is 15.8. The van der Waals surface area contributed by atoms with Crippen LogP contribution in [0.5, 0.6) is 5.75 Å². The molecule has 0 fully saturated rings. The number of amides is 1. The molecule has 2 aromatic rings. The first kappa shape index (κ1) is 15.0. The van der Waals surface area contributed by atoms with Crippen molar-refractivity contribution in [1.29, 1.82) is 0 Å². The first-order valence-corrected chi connectivity index (χ1v) is 8.24. The molecule has 2 aromatic carbocycles. The number of methoxy groups -OCH3 is 1. The Morgan fingerprint density at radius 1 is 1.27 bits per heavy atom. The van der Waals surface area contributed by atoms with E-state index in [0.29, 0.717) is 11.7 Å². The predicted molar refractivity (Wildman–Crippen MR) is 90.8 cm³/mol. The average Bonchev–Trinajstić information content (AvgIpc) is 2.54. The second-order valence-corrected chi connectivity index (χ2v) is 6.91. The maximum Gasteiger partial charge on any atom is 0.231 e. The van der Waals surface area contributed by atoms with E-state index in [9.17, 15) is 4.79 Å². The summed E-state index contributed by atoms with van der Waals surface area (Å²) in [5.41, 5.74) is 2.01. The monoisotopic (exact) mass is 313 g/mol. The molecule has 0 aliphatic carbocycles. The molecule has 1 aliphatic rings. The minimum atomic E-state index is 0.132. The van der Waals surface area contributed by atoms with Crippen molar-refractivity contribution >= 4 is 23.4 Å². The SMILES string of the molecule is COc1cccc(CC(=O)N2CC(C)Sc3ccccc32)c1. The van der Waals surface area contributed by atoms with Gasteiger partial charge in [0.05, 0.1) is 19.2 Å². The van der Waals surface area contributed by atoms with Crippen molar-refractivity contribution in [3.8, 4) is 5.75 Å². The molecule has 3 rings (SSSR count). The third-order valence-corrected chi connectivity index (χ3v) is 4.87. The van der Waals surface area contributed by atoms with Crippen molar-refractivity contribution in [2.75, 3.05) is 18.6 Å². The van der Waals surface area contributed by atoms with Crippen LogP contribution in [0, 0.1) is 0 Å². The van der Waals surface area contributed by atoms with Gasteiger partial charge in [-0.3, -0.25) is 4.79 Å². The highest BCUT2D eigenvalue weighted by Gasteiger charge is 2.26. The zero-order chi connectivity index (χ0) is 15.5. The van der Waals surface area contributed by atoms with Crippen molar-refractivity contribution in [3.63, 3.8) is 0 Å². The molecular weight excluding hydrogens is 294 g/mol. The largest absolute Gasteiger partial charge is 0.497 e. The lowest BCUT2D eigenvalue weighted by atomic mass is 10.1. The molecule has 3 nitrogen and oxygen atoms in total.